The number of carbonyl (C=O) groups is 1. The van der Waals surface area contributed by atoms with Gasteiger partial charge in [0, 0.05) is 45.6 Å². The zero-order valence-electron chi connectivity index (χ0n) is 15.5. The largest absolute Gasteiger partial charge is 0.493 e. The fraction of sp³-hybridized carbons (Fsp3) is 0.500. The molecule has 2 aliphatic rings. The van der Waals surface area contributed by atoms with Gasteiger partial charge in [-0.1, -0.05) is 23.5 Å². The smallest absolute Gasteiger partial charge is 0.223 e. The van der Waals surface area contributed by atoms with Crippen LogP contribution in [0.1, 0.15) is 31.0 Å². The number of piperazine rings is 1. The van der Waals surface area contributed by atoms with Gasteiger partial charge in [-0.15, -0.1) is 22.6 Å². The molecule has 0 spiro atoms. The second kappa shape index (κ2) is 8.41. The van der Waals surface area contributed by atoms with Gasteiger partial charge in [-0.3, -0.25) is 9.69 Å². The third kappa shape index (κ3) is 4.34. The average molecular weight is 410 g/mol. The average Bonchev–Trinajstić information content (AvgIpc) is 3.29. The van der Waals surface area contributed by atoms with E-state index < -0.39 is 0 Å². The van der Waals surface area contributed by atoms with Gasteiger partial charge in [0.05, 0.1) is 6.61 Å². The molecule has 1 atom stereocenters. The molecular weight excluding hydrogens is 386 g/mol. The maximum Gasteiger partial charge on any atom is 0.223 e. The van der Waals surface area contributed by atoms with Crippen molar-refractivity contribution >= 4 is 39.9 Å². The summed E-state index contributed by atoms with van der Waals surface area (Å²) in [5, 5.41) is 12.4. The van der Waals surface area contributed by atoms with E-state index in [-0.39, 0.29) is 18.3 Å². The van der Waals surface area contributed by atoms with Gasteiger partial charge in [0.15, 0.2) is 0 Å². The van der Waals surface area contributed by atoms with Crippen molar-refractivity contribution in [2.45, 2.75) is 26.3 Å². The number of fused-ring (bicyclic) bond motifs is 1. The SMILES string of the molecule is CC(=O)Nc1nnc(N2CCN([C@@H](C)c3ccc4c(c3)OCC4)CC2)s1.Cl. The van der Waals surface area contributed by atoms with Crippen molar-refractivity contribution in [3.8, 4) is 5.75 Å². The van der Waals surface area contributed by atoms with Crippen LogP contribution in [0, 0.1) is 0 Å². The summed E-state index contributed by atoms with van der Waals surface area (Å²) in [4.78, 5) is 15.8. The standard InChI is InChI=1S/C18H23N5O2S.ClH/c1-12(15-4-3-14-5-10-25-16(14)11-15)22-6-8-23(9-7-22)18-21-20-17(26-18)19-13(2)24;/h3-4,11-12H,5-10H2,1-2H3,(H,19,20,24);1H/t12-;/m0./s1. The number of halogens is 1. The van der Waals surface area contributed by atoms with Crippen LogP contribution in [0.2, 0.25) is 0 Å². The molecule has 2 aliphatic heterocycles. The maximum atomic E-state index is 11.1. The molecule has 4 rings (SSSR count). The molecule has 3 heterocycles. The summed E-state index contributed by atoms with van der Waals surface area (Å²) in [5.74, 6) is 0.928. The van der Waals surface area contributed by atoms with E-state index in [9.17, 15) is 4.79 Å². The van der Waals surface area contributed by atoms with Crippen LogP contribution in [0.3, 0.4) is 0 Å². The molecule has 0 unspecified atom stereocenters. The maximum absolute atomic E-state index is 11.1. The van der Waals surface area contributed by atoms with E-state index in [4.69, 9.17) is 4.74 Å². The lowest BCUT2D eigenvalue weighted by Gasteiger charge is -2.38. The summed E-state index contributed by atoms with van der Waals surface area (Å²) in [6.07, 6.45) is 1.02. The first kappa shape index (κ1) is 19.9. The minimum Gasteiger partial charge on any atom is -0.493 e. The van der Waals surface area contributed by atoms with Crippen LogP contribution in [0.5, 0.6) is 5.75 Å². The molecule has 1 fully saturated rings. The number of rotatable bonds is 4. The lowest BCUT2D eigenvalue weighted by molar-refractivity contribution is -0.114. The molecule has 9 heteroatoms. The number of carbonyl (C=O) groups excluding carboxylic acids is 1. The van der Waals surface area contributed by atoms with E-state index >= 15 is 0 Å². The molecule has 0 saturated carbocycles. The second-order valence-corrected chi connectivity index (χ2v) is 7.69. The molecule has 7 nitrogen and oxygen atoms in total. The highest BCUT2D eigenvalue weighted by molar-refractivity contribution is 7.19. The summed E-state index contributed by atoms with van der Waals surface area (Å²) in [6, 6.07) is 6.99. The number of hydrogen-bond donors (Lipinski definition) is 1. The molecule has 2 aromatic rings. The van der Waals surface area contributed by atoms with Crippen molar-refractivity contribution in [3.05, 3.63) is 29.3 Å². The fourth-order valence-electron chi connectivity index (χ4n) is 3.50. The van der Waals surface area contributed by atoms with Gasteiger partial charge in [-0.2, -0.15) is 0 Å². The molecule has 1 aromatic heterocycles. The van der Waals surface area contributed by atoms with Crippen molar-refractivity contribution in [1.82, 2.24) is 15.1 Å². The van der Waals surface area contributed by atoms with Crippen molar-refractivity contribution in [1.29, 1.82) is 0 Å². The first-order valence-electron chi connectivity index (χ1n) is 8.96. The number of anilines is 2. The third-order valence-electron chi connectivity index (χ3n) is 5.03. The molecule has 1 amide bonds. The molecule has 1 N–H and O–H groups in total. The fourth-order valence-corrected chi connectivity index (χ4v) is 4.34. The Kier molecular flexibility index (Phi) is 6.18. The lowest BCUT2D eigenvalue weighted by atomic mass is 10.0. The van der Waals surface area contributed by atoms with Gasteiger partial charge in [0.2, 0.25) is 16.2 Å². The number of hydrogen-bond acceptors (Lipinski definition) is 7. The van der Waals surface area contributed by atoms with Gasteiger partial charge in [0.1, 0.15) is 5.75 Å². The van der Waals surface area contributed by atoms with E-state index in [1.165, 1.54) is 29.4 Å². The zero-order chi connectivity index (χ0) is 18.1. The van der Waals surface area contributed by atoms with Crippen molar-refractivity contribution in [2.24, 2.45) is 0 Å². The second-order valence-electron chi connectivity index (χ2n) is 6.74. The molecule has 1 saturated heterocycles. The quantitative estimate of drug-likeness (QED) is 0.837. The highest BCUT2D eigenvalue weighted by Crippen LogP contribution is 2.32. The van der Waals surface area contributed by atoms with Crippen LogP contribution in [0.25, 0.3) is 0 Å². The molecule has 1 aromatic carbocycles. The number of ether oxygens (including phenoxy) is 1. The summed E-state index contributed by atoms with van der Waals surface area (Å²) in [7, 11) is 0. The molecule has 0 aliphatic carbocycles. The first-order chi connectivity index (χ1) is 12.6. The Morgan fingerprint density at radius 2 is 2.04 bits per heavy atom. The summed E-state index contributed by atoms with van der Waals surface area (Å²) in [5.41, 5.74) is 2.62. The van der Waals surface area contributed by atoms with Crippen LogP contribution >= 0.6 is 23.7 Å². The van der Waals surface area contributed by atoms with E-state index in [0.29, 0.717) is 11.2 Å². The summed E-state index contributed by atoms with van der Waals surface area (Å²) >= 11 is 1.42. The van der Waals surface area contributed by atoms with Crippen LogP contribution in [0.4, 0.5) is 10.3 Å². The minimum atomic E-state index is -0.121. The van der Waals surface area contributed by atoms with Crippen LogP contribution in [-0.2, 0) is 11.2 Å². The number of benzene rings is 1. The normalized spacial score (nSPS) is 17.6. The Bertz CT molecular complexity index is 807. The molecule has 0 radical (unpaired) electrons. The van der Waals surface area contributed by atoms with Crippen LogP contribution in [0.15, 0.2) is 18.2 Å². The number of aromatic nitrogens is 2. The predicted octanol–water partition coefficient (Wildman–Crippen LogP) is 2.74. The van der Waals surface area contributed by atoms with E-state index in [1.807, 2.05) is 0 Å². The van der Waals surface area contributed by atoms with Gasteiger partial charge in [0.25, 0.3) is 0 Å². The van der Waals surface area contributed by atoms with Crippen LogP contribution in [-0.4, -0.2) is 53.8 Å². The van der Waals surface area contributed by atoms with E-state index in [0.717, 1.165) is 50.1 Å². The predicted molar refractivity (Wildman–Crippen MR) is 109 cm³/mol. The molecule has 27 heavy (non-hydrogen) atoms. The van der Waals surface area contributed by atoms with E-state index in [1.54, 1.807) is 0 Å². The van der Waals surface area contributed by atoms with Crippen molar-refractivity contribution in [3.63, 3.8) is 0 Å². The van der Waals surface area contributed by atoms with Gasteiger partial charge in [-0.25, -0.2) is 0 Å². The monoisotopic (exact) mass is 409 g/mol. The minimum absolute atomic E-state index is 0. The molecule has 0 bridgehead atoms. The molecule has 146 valence electrons. The van der Waals surface area contributed by atoms with Crippen LogP contribution < -0.4 is 15.0 Å². The Morgan fingerprint density at radius 3 is 2.78 bits per heavy atom. The zero-order valence-corrected chi connectivity index (χ0v) is 17.1. The summed E-state index contributed by atoms with van der Waals surface area (Å²) in [6.45, 7) is 8.27. The van der Waals surface area contributed by atoms with E-state index in [2.05, 4.69) is 50.4 Å². The van der Waals surface area contributed by atoms with Gasteiger partial charge < -0.3 is 15.0 Å². The topological polar surface area (TPSA) is 70.6 Å². The van der Waals surface area contributed by atoms with Gasteiger partial charge in [-0.05, 0) is 24.1 Å². The van der Waals surface area contributed by atoms with Crippen molar-refractivity contribution in [2.75, 3.05) is 43.0 Å². The lowest BCUT2D eigenvalue weighted by Crippen LogP contribution is -2.47. The first-order valence-corrected chi connectivity index (χ1v) is 9.77. The number of nitrogens with zero attached hydrogens (tertiary/aromatic N) is 4. The highest BCUT2D eigenvalue weighted by Gasteiger charge is 2.25. The van der Waals surface area contributed by atoms with Crippen molar-refractivity contribution < 1.29 is 9.53 Å². The van der Waals surface area contributed by atoms with Gasteiger partial charge >= 0.3 is 0 Å². The Balaban J connectivity index is 0.00000210. The third-order valence-corrected chi connectivity index (χ3v) is 5.93. The molecular formula is C18H24ClN5O2S. The Morgan fingerprint density at radius 1 is 1.26 bits per heavy atom. The summed E-state index contributed by atoms with van der Waals surface area (Å²) < 4.78 is 5.71. The number of nitrogens with one attached hydrogen (secondary N) is 1. The Hall–Kier alpha value is -1.90. The highest BCUT2D eigenvalue weighted by atomic mass is 35.5. The number of amides is 1. The Labute approximate surface area is 169 Å².